The maximum absolute atomic E-state index is 12.2. The minimum absolute atomic E-state index is 0.0238. The first-order valence-corrected chi connectivity index (χ1v) is 9.26. The fourth-order valence-corrected chi connectivity index (χ4v) is 2.68. The SMILES string of the molecule is CC(C)Oc1ccc(Cl)cc1/C=N/NC(=O)CNC(=O)c1ccc2c(c1)OCO2. The highest BCUT2D eigenvalue weighted by molar-refractivity contribution is 6.30. The lowest BCUT2D eigenvalue weighted by Gasteiger charge is -2.12. The average Bonchev–Trinajstić information content (AvgIpc) is 3.15. The molecule has 0 aliphatic carbocycles. The largest absolute Gasteiger partial charge is 0.490 e. The molecule has 29 heavy (non-hydrogen) atoms. The first-order valence-electron chi connectivity index (χ1n) is 8.88. The van der Waals surface area contributed by atoms with Crippen molar-refractivity contribution in [2.75, 3.05) is 13.3 Å². The van der Waals surface area contributed by atoms with E-state index in [0.717, 1.165) is 0 Å². The summed E-state index contributed by atoms with van der Waals surface area (Å²) < 4.78 is 16.1. The first kappa shape index (κ1) is 20.5. The second-order valence-electron chi connectivity index (χ2n) is 6.39. The summed E-state index contributed by atoms with van der Waals surface area (Å²) >= 11 is 6.00. The highest BCUT2D eigenvalue weighted by Crippen LogP contribution is 2.32. The third-order valence-corrected chi connectivity index (χ3v) is 4.01. The Morgan fingerprint density at radius 1 is 1.21 bits per heavy atom. The van der Waals surface area contributed by atoms with Crippen molar-refractivity contribution in [3.8, 4) is 17.2 Å². The van der Waals surface area contributed by atoms with E-state index in [4.69, 9.17) is 25.8 Å². The number of rotatable bonds is 7. The van der Waals surface area contributed by atoms with Gasteiger partial charge in [-0.05, 0) is 50.2 Å². The number of fused-ring (bicyclic) bond motifs is 1. The normalized spacial score (nSPS) is 12.3. The van der Waals surface area contributed by atoms with Crippen LogP contribution in [-0.2, 0) is 4.79 Å². The Hall–Kier alpha value is -3.26. The van der Waals surface area contributed by atoms with E-state index in [1.54, 1.807) is 36.4 Å². The average molecular weight is 418 g/mol. The fraction of sp³-hybridized carbons (Fsp3) is 0.250. The lowest BCUT2D eigenvalue weighted by atomic mass is 10.2. The van der Waals surface area contributed by atoms with Gasteiger partial charge < -0.3 is 19.5 Å². The minimum Gasteiger partial charge on any atom is -0.490 e. The second kappa shape index (κ2) is 9.29. The van der Waals surface area contributed by atoms with Gasteiger partial charge in [-0.15, -0.1) is 0 Å². The molecule has 2 N–H and O–H groups in total. The lowest BCUT2D eigenvalue weighted by molar-refractivity contribution is -0.120. The predicted octanol–water partition coefficient (Wildman–Crippen LogP) is 2.74. The number of ether oxygens (including phenoxy) is 3. The molecule has 9 heteroatoms. The molecular formula is C20H20ClN3O5. The van der Waals surface area contributed by atoms with Crippen molar-refractivity contribution in [2.24, 2.45) is 5.10 Å². The lowest BCUT2D eigenvalue weighted by Crippen LogP contribution is -2.34. The maximum atomic E-state index is 12.2. The highest BCUT2D eigenvalue weighted by atomic mass is 35.5. The molecule has 0 aromatic heterocycles. The Morgan fingerprint density at radius 2 is 2.00 bits per heavy atom. The molecule has 2 aromatic rings. The number of nitrogens with zero attached hydrogens (tertiary/aromatic N) is 1. The zero-order chi connectivity index (χ0) is 20.8. The van der Waals surface area contributed by atoms with E-state index in [0.29, 0.717) is 33.4 Å². The van der Waals surface area contributed by atoms with E-state index in [1.165, 1.54) is 6.21 Å². The zero-order valence-corrected chi connectivity index (χ0v) is 16.7. The van der Waals surface area contributed by atoms with Crippen LogP contribution in [0.3, 0.4) is 0 Å². The monoisotopic (exact) mass is 417 g/mol. The van der Waals surface area contributed by atoms with Gasteiger partial charge in [-0.3, -0.25) is 9.59 Å². The van der Waals surface area contributed by atoms with Crippen LogP contribution in [0.1, 0.15) is 29.8 Å². The molecular weight excluding hydrogens is 398 g/mol. The number of carbonyl (C=O) groups excluding carboxylic acids is 2. The van der Waals surface area contributed by atoms with Crippen LogP contribution in [0, 0.1) is 0 Å². The van der Waals surface area contributed by atoms with Crippen molar-refractivity contribution < 1.29 is 23.8 Å². The number of benzene rings is 2. The van der Waals surface area contributed by atoms with Crippen LogP contribution in [0.4, 0.5) is 0 Å². The van der Waals surface area contributed by atoms with Gasteiger partial charge in [0, 0.05) is 16.1 Å². The summed E-state index contributed by atoms with van der Waals surface area (Å²) in [5.41, 5.74) is 3.33. The van der Waals surface area contributed by atoms with Crippen LogP contribution in [0.5, 0.6) is 17.2 Å². The third kappa shape index (κ3) is 5.61. The molecule has 8 nitrogen and oxygen atoms in total. The fourth-order valence-electron chi connectivity index (χ4n) is 2.50. The van der Waals surface area contributed by atoms with Gasteiger partial charge in [-0.25, -0.2) is 5.43 Å². The molecule has 0 spiro atoms. The molecule has 2 aromatic carbocycles. The number of amides is 2. The molecule has 0 atom stereocenters. The van der Waals surface area contributed by atoms with Crippen molar-refractivity contribution >= 4 is 29.6 Å². The summed E-state index contributed by atoms with van der Waals surface area (Å²) in [6, 6.07) is 9.91. The molecule has 0 bridgehead atoms. The van der Waals surface area contributed by atoms with Gasteiger partial charge >= 0.3 is 0 Å². The van der Waals surface area contributed by atoms with Crippen molar-refractivity contribution in [2.45, 2.75) is 20.0 Å². The smallest absolute Gasteiger partial charge is 0.259 e. The van der Waals surface area contributed by atoms with E-state index in [1.807, 2.05) is 13.8 Å². The molecule has 2 amide bonds. The number of carbonyl (C=O) groups is 2. The molecule has 3 rings (SSSR count). The molecule has 0 saturated heterocycles. The minimum atomic E-state index is -0.483. The number of hydrazone groups is 1. The van der Waals surface area contributed by atoms with E-state index in [-0.39, 0.29) is 19.4 Å². The summed E-state index contributed by atoms with van der Waals surface area (Å²) in [4.78, 5) is 24.1. The van der Waals surface area contributed by atoms with Gasteiger partial charge in [-0.1, -0.05) is 11.6 Å². The van der Waals surface area contributed by atoms with Crippen LogP contribution in [-0.4, -0.2) is 37.5 Å². The Labute approximate surface area is 172 Å². The van der Waals surface area contributed by atoms with Crippen LogP contribution >= 0.6 is 11.6 Å². The number of nitrogens with one attached hydrogen (secondary N) is 2. The van der Waals surface area contributed by atoms with Gasteiger partial charge in [0.05, 0.1) is 18.9 Å². The van der Waals surface area contributed by atoms with Crippen molar-refractivity contribution in [1.82, 2.24) is 10.7 Å². The Morgan fingerprint density at radius 3 is 2.79 bits per heavy atom. The van der Waals surface area contributed by atoms with Crippen LogP contribution < -0.4 is 25.0 Å². The number of hydrogen-bond acceptors (Lipinski definition) is 6. The second-order valence-corrected chi connectivity index (χ2v) is 6.83. The van der Waals surface area contributed by atoms with E-state index in [9.17, 15) is 9.59 Å². The van der Waals surface area contributed by atoms with Crippen molar-refractivity contribution in [3.63, 3.8) is 0 Å². The molecule has 1 aliphatic heterocycles. The molecule has 1 heterocycles. The maximum Gasteiger partial charge on any atom is 0.259 e. The molecule has 152 valence electrons. The Balaban J connectivity index is 1.52. The summed E-state index contributed by atoms with van der Waals surface area (Å²) in [7, 11) is 0. The van der Waals surface area contributed by atoms with Gasteiger partial charge in [0.2, 0.25) is 6.79 Å². The van der Waals surface area contributed by atoms with Gasteiger partial charge in [0.25, 0.3) is 11.8 Å². The topological polar surface area (TPSA) is 98.2 Å². The standard InChI is InChI=1S/C20H20ClN3O5/c1-12(2)29-16-6-4-15(21)7-14(16)9-23-24-19(25)10-22-20(26)13-3-5-17-18(8-13)28-11-27-17/h3-9,12H,10-11H2,1-2H3,(H,22,26)(H,24,25)/b23-9+. The van der Waals surface area contributed by atoms with Crippen LogP contribution in [0.25, 0.3) is 0 Å². The first-order chi connectivity index (χ1) is 13.9. The molecule has 0 unspecified atom stereocenters. The number of halogens is 1. The molecule has 0 fully saturated rings. The third-order valence-electron chi connectivity index (χ3n) is 3.77. The van der Waals surface area contributed by atoms with Gasteiger partial charge in [0.1, 0.15) is 5.75 Å². The van der Waals surface area contributed by atoms with Gasteiger partial charge in [-0.2, -0.15) is 5.10 Å². The molecule has 0 radical (unpaired) electrons. The predicted molar refractivity (Wildman–Crippen MR) is 108 cm³/mol. The van der Waals surface area contributed by atoms with E-state index in [2.05, 4.69) is 15.8 Å². The van der Waals surface area contributed by atoms with Crippen LogP contribution in [0.15, 0.2) is 41.5 Å². The molecule has 1 aliphatic rings. The van der Waals surface area contributed by atoms with E-state index < -0.39 is 11.8 Å². The quantitative estimate of drug-likeness (QED) is 0.533. The summed E-state index contributed by atoms with van der Waals surface area (Å²) in [5, 5.41) is 6.93. The van der Waals surface area contributed by atoms with Crippen molar-refractivity contribution in [1.29, 1.82) is 0 Å². The van der Waals surface area contributed by atoms with Crippen molar-refractivity contribution in [3.05, 3.63) is 52.5 Å². The Kier molecular flexibility index (Phi) is 6.56. The summed E-state index contributed by atoms with van der Waals surface area (Å²) in [6.07, 6.45) is 1.41. The number of hydrogen-bond donors (Lipinski definition) is 2. The van der Waals surface area contributed by atoms with E-state index >= 15 is 0 Å². The van der Waals surface area contributed by atoms with Crippen LogP contribution in [0.2, 0.25) is 5.02 Å². The summed E-state index contributed by atoms with van der Waals surface area (Å²) in [5.74, 6) is 0.773. The molecule has 0 saturated carbocycles. The Bertz CT molecular complexity index is 946. The summed E-state index contributed by atoms with van der Waals surface area (Å²) in [6.45, 7) is 3.69. The zero-order valence-electron chi connectivity index (χ0n) is 15.9. The van der Waals surface area contributed by atoms with Gasteiger partial charge in [0.15, 0.2) is 11.5 Å². The highest BCUT2D eigenvalue weighted by Gasteiger charge is 2.16.